The zero-order valence-electron chi connectivity index (χ0n) is 14.4. The van der Waals surface area contributed by atoms with Crippen molar-refractivity contribution in [3.8, 4) is 0 Å². The van der Waals surface area contributed by atoms with E-state index in [0.29, 0.717) is 17.3 Å². The van der Waals surface area contributed by atoms with E-state index in [9.17, 15) is 18.4 Å². The molecular formula is C21H16F2N2O2. The van der Waals surface area contributed by atoms with Gasteiger partial charge in [-0.05, 0) is 61.0 Å². The molecule has 0 aromatic heterocycles. The van der Waals surface area contributed by atoms with Gasteiger partial charge in [0.15, 0.2) is 0 Å². The molecule has 3 aromatic carbocycles. The van der Waals surface area contributed by atoms with Crippen molar-refractivity contribution < 1.29 is 18.4 Å². The van der Waals surface area contributed by atoms with Crippen LogP contribution < -0.4 is 10.6 Å². The lowest BCUT2D eigenvalue weighted by atomic mass is 10.1. The summed E-state index contributed by atoms with van der Waals surface area (Å²) in [5.74, 6) is -2.46. The lowest BCUT2D eigenvalue weighted by Gasteiger charge is -2.08. The van der Waals surface area contributed by atoms with Crippen molar-refractivity contribution in [1.82, 2.24) is 0 Å². The number of benzene rings is 3. The molecule has 136 valence electrons. The second-order valence-electron chi connectivity index (χ2n) is 5.98. The molecule has 2 amide bonds. The number of amides is 2. The number of halogens is 2. The third kappa shape index (κ3) is 4.55. The molecule has 0 aliphatic rings. The van der Waals surface area contributed by atoms with E-state index in [4.69, 9.17) is 0 Å². The fourth-order valence-electron chi connectivity index (χ4n) is 2.48. The number of anilines is 2. The smallest absolute Gasteiger partial charge is 0.255 e. The first-order valence-corrected chi connectivity index (χ1v) is 8.17. The van der Waals surface area contributed by atoms with Crippen LogP contribution in [0.2, 0.25) is 0 Å². The molecule has 0 fully saturated rings. The maximum Gasteiger partial charge on any atom is 0.255 e. The van der Waals surface area contributed by atoms with Crippen molar-refractivity contribution in [2.75, 3.05) is 10.6 Å². The molecule has 0 radical (unpaired) electrons. The Hall–Kier alpha value is -3.54. The molecule has 0 saturated carbocycles. The predicted molar refractivity (Wildman–Crippen MR) is 99.9 cm³/mol. The lowest BCUT2D eigenvalue weighted by Crippen LogP contribution is -2.15. The minimum Gasteiger partial charge on any atom is -0.322 e. The number of hydrogen-bond acceptors (Lipinski definition) is 2. The van der Waals surface area contributed by atoms with Gasteiger partial charge in [-0.2, -0.15) is 0 Å². The van der Waals surface area contributed by atoms with Gasteiger partial charge in [0, 0.05) is 22.9 Å². The number of rotatable bonds is 4. The molecule has 0 heterocycles. The summed E-state index contributed by atoms with van der Waals surface area (Å²) < 4.78 is 26.5. The highest BCUT2D eigenvalue weighted by atomic mass is 19.1. The maximum atomic E-state index is 13.6. The van der Waals surface area contributed by atoms with Crippen LogP contribution in [0.25, 0.3) is 0 Å². The first-order chi connectivity index (χ1) is 12.9. The summed E-state index contributed by atoms with van der Waals surface area (Å²) in [6, 6.07) is 16.2. The van der Waals surface area contributed by atoms with Crippen LogP contribution in [0.1, 0.15) is 26.3 Å². The summed E-state index contributed by atoms with van der Waals surface area (Å²) >= 11 is 0. The zero-order chi connectivity index (χ0) is 19.4. The van der Waals surface area contributed by atoms with Crippen LogP contribution in [-0.4, -0.2) is 11.8 Å². The van der Waals surface area contributed by atoms with Crippen LogP contribution in [0.4, 0.5) is 20.2 Å². The Kier molecular flexibility index (Phi) is 5.26. The number of hydrogen-bond donors (Lipinski definition) is 2. The van der Waals surface area contributed by atoms with Crippen LogP contribution in [0, 0.1) is 18.6 Å². The molecule has 0 aliphatic heterocycles. The molecule has 6 heteroatoms. The molecule has 4 nitrogen and oxygen atoms in total. The quantitative estimate of drug-likeness (QED) is 0.698. The van der Waals surface area contributed by atoms with E-state index in [1.54, 1.807) is 6.07 Å². The van der Waals surface area contributed by atoms with Crippen molar-refractivity contribution in [3.05, 3.63) is 95.1 Å². The fraction of sp³-hybridized carbons (Fsp3) is 0.0476. The van der Waals surface area contributed by atoms with Gasteiger partial charge in [0.2, 0.25) is 0 Å². The van der Waals surface area contributed by atoms with Gasteiger partial charge in [0.05, 0.1) is 5.69 Å². The highest BCUT2D eigenvalue weighted by molar-refractivity contribution is 6.07. The highest BCUT2D eigenvalue weighted by Gasteiger charge is 2.12. The maximum absolute atomic E-state index is 13.6. The second-order valence-corrected chi connectivity index (χ2v) is 5.98. The van der Waals surface area contributed by atoms with Crippen LogP contribution >= 0.6 is 0 Å². The molecule has 3 rings (SSSR count). The van der Waals surface area contributed by atoms with Gasteiger partial charge in [-0.3, -0.25) is 9.59 Å². The van der Waals surface area contributed by atoms with Crippen molar-refractivity contribution in [2.24, 2.45) is 0 Å². The summed E-state index contributed by atoms with van der Waals surface area (Å²) in [7, 11) is 0. The third-order valence-corrected chi connectivity index (χ3v) is 3.86. The van der Waals surface area contributed by atoms with Gasteiger partial charge in [-0.25, -0.2) is 8.78 Å². The Balaban J connectivity index is 1.69. The predicted octanol–water partition coefficient (Wildman–Crippen LogP) is 4.78. The Morgan fingerprint density at radius 1 is 0.778 bits per heavy atom. The molecular weight excluding hydrogens is 350 g/mol. The van der Waals surface area contributed by atoms with E-state index in [-0.39, 0.29) is 17.2 Å². The standard InChI is InChI=1S/C21H16F2N2O2/c1-13-3-2-4-17(11-13)24-20(26)14-5-7-15(8-6-14)21(27)25-19-10-9-16(22)12-18(19)23/h2-12H,1H3,(H,24,26)(H,25,27). The van der Waals surface area contributed by atoms with Gasteiger partial charge >= 0.3 is 0 Å². The van der Waals surface area contributed by atoms with E-state index in [1.807, 2.05) is 25.1 Å². The fourth-order valence-corrected chi connectivity index (χ4v) is 2.48. The molecule has 27 heavy (non-hydrogen) atoms. The summed E-state index contributed by atoms with van der Waals surface area (Å²) in [5.41, 5.74) is 2.19. The Morgan fingerprint density at radius 3 is 2.00 bits per heavy atom. The minimum atomic E-state index is -0.863. The van der Waals surface area contributed by atoms with E-state index in [1.165, 1.54) is 24.3 Å². The largest absolute Gasteiger partial charge is 0.322 e. The Labute approximate surface area is 154 Å². The lowest BCUT2D eigenvalue weighted by molar-refractivity contribution is 0.101. The van der Waals surface area contributed by atoms with E-state index in [0.717, 1.165) is 17.7 Å². The normalized spacial score (nSPS) is 10.3. The number of carbonyl (C=O) groups is 2. The topological polar surface area (TPSA) is 58.2 Å². The van der Waals surface area contributed by atoms with Crippen molar-refractivity contribution in [2.45, 2.75) is 6.92 Å². The van der Waals surface area contributed by atoms with Gasteiger partial charge in [0.25, 0.3) is 11.8 Å². The average Bonchev–Trinajstić information content (AvgIpc) is 2.64. The Morgan fingerprint density at radius 2 is 1.41 bits per heavy atom. The molecule has 0 saturated heterocycles. The summed E-state index contributed by atoms with van der Waals surface area (Å²) in [5, 5.41) is 5.14. The van der Waals surface area contributed by atoms with Crippen molar-refractivity contribution in [1.29, 1.82) is 0 Å². The average molecular weight is 366 g/mol. The van der Waals surface area contributed by atoms with Gasteiger partial charge in [0.1, 0.15) is 11.6 Å². The SMILES string of the molecule is Cc1cccc(NC(=O)c2ccc(C(=O)Nc3ccc(F)cc3F)cc2)c1. The molecule has 2 N–H and O–H groups in total. The summed E-state index contributed by atoms with van der Waals surface area (Å²) in [4.78, 5) is 24.5. The van der Waals surface area contributed by atoms with E-state index >= 15 is 0 Å². The minimum absolute atomic E-state index is 0.123. The molecule has 0 spiro atoms. The van der Waals surface area contributed by atoms with E-state index < -0.39 is 17.5 Å². The highest BCUT2D eigenvalue weighted by Crippen LogP contribution is 2.17. The van der Waals surface area contributed by atoms with Gasteiger partial charge in [-0.1, -0.05) is 12.1 Å². The number of nitrogens with one attached hydrogen (secondary N) is 2. The molecule has 3 aromatic rings. The molecule has 0 bridgehead atoms. The molecule has 0 aliphatic carbocycles. The molecule has 0 atom stereocenters. The van der Waals surface area contributed by atoms with Crippen LogP contribution in [-0.2, 0) is 0 Å². The van der Waals surface area contributed by atoms with Gasteiger partial charge in [-0.15, -0.1) is 0 Å². The Bertz CT molecular complexity index is 1000. The summed E-state index contributed by atoms with van der Waals surface area (Å²) in [6.45, 7) is 1.92. The second kappa shape index (κ2) is 7.78. The van der Waals surface area contributed by atoms with Crippen LogP contribution in [0.3, 0.4) is 0 Å². The van der Waals surface area contributed by atoms with Crippen molar-refractivity contribution >= 4 is 23.2 Å². The van der Waals surface area contributed by atoms with E-state index in [2.05, 4.69) is 10.6 Å². The van der Waals surface area contributed by atoms with Crippen LogP contribution in [0.15, 0.2) is 66.7 Å². The first kappa shape index (κ1) is 18.3. The monoisotopic (exact) mass is 366 g/mol. The van der Waals surface area contributed by atoms with Gasteiger partial charge < -0.3 is 10.6 Å². The van der Waals surface area contributed by atoms with Crippen molar-refractivity contribution in [3.63, 3.8) is 0 Å². The third-order valence-electron chi connectivity index (χ3n) is 3.86. The first-order valence-electron chi connectivity index (χ1n) is 8.17. The zero-order valence-corrected chi connectivity index (χ0v) is 14.4. The number of aryl methyl sites for hydroxylation is 1. The summed E-state index contributed by atoms with van der Waals surface area (Å²) in [6.07, 6.45) is 0. The number of carbonyl (C=O) groups excluding carboxylic acids is 2. The van der Waals surface area contributed by atoms with Crippen LogP contribution in [0.5, 0.6) is 0 Å². The molecule has 0 unspecified atom stereocenters.